The van der Waals surface area contributed by atoms with E-state index in [1.807, 2.05) is 0 Å². The molecule has 1 saturated carbocycles. The first kappa shape index (κ1) is 16.6. The Morgan fingerprint density at radius 2 is 1.92 bits per heavy atom. The standard InChI is InChI=1S/C17H22N2O5/c20-13(11-5-6-14-15(9-11)24-10-23-14)7-8-18-16(21)17(22)19-12-3-1-2-4-12/h5-6,9,12-13,20H,1-4,7-8,10H2,(H,18,21)(H,19,22). The highest BCUT2D eigenvalue weighted by Gasteiger charge is 2.21. The zero-order valence-corrected chi connectivity index (χ0v) is 13.4. The SMILES string of the molecule is O=C(NCCC(O)c1ccc2c(c1)OCO2)C(=O)NC1CCCC1. The molecule has 1 heterocycles. The number of hydrogen-bond donors (Lipinski definition) is 3. The minimum atomic E-state index is -0.752. The molecular formula is C17H22N2O5. The van der Waals surface area contributed by atoms with E-state index in [0.717, 1.165) is 25.7 Å². The molecule has 0 spiro atoms. The summed E-state index contributed by atoms with van der Waals surface area (Å²) in [7, 11) is 0. The first-order valence-electron chi connectivity index (χ1n) is 8.30. The third kappa shape index (κ3) is 3.97. The zero-order chi connectivity index (χ0) is 16.9. The van der Waals surface area contributed by atoms with E-state index in [4.69, 9.17) is 9.47 Å². The summed E-state index contributed by atoms with van der Waals surface area (Å²) < 4.78 is 10.5. The average Bonchev–Trinajstić information content (AvgIpc) is 3.24. The number of nitrogens with one attached hydrogen (secondary N) is 2. The van der Waals surface area contributed by atoms with Gasteiger partial charge in [-0.25, -0.2) is 0 Å². The van der Waals surface area contributed by atoms with Crippen LogP contribution in [0.3, 0.4) is 0 Å². The van der Waals surface area contributed by atoms with Gasteiger partial charge >= 0.3 is 11.8 Å². The van der Waals surface area contributed by atoms with Crippen LogP contribution in [0.25, 0.3) is 0 Å². The van der Waals surface area contributed by atoms with E-state index in [1.54, 1.807) is 18.2 Å². The maximum atomic E-state index is 11.8. The molecule has 7 heteroatoms. The van der Waals surface area contributed by atoms with E-state index in [2.05, 4.69) is 10.6 Å². The van der Waals surface area contributed by atoms with Crippen molar-refractivity contribution in [1.29, 1.82) is 0 Å². The third-order valence-corrected chi connectivity index (χ3v) is 4.38. The molecule has 24 heavy (non-hydrogen) atoms. The number of hydrogen-bond acceptors (Lipinski definition) is 5. The lowest BCUT2D eigenvalue weighted by Crippen LogP contribution is -2.44. The van der Waals surface area contributed by atoms with Crippen LogP contribution in [0.5, 0.6) is 11.5 Å². The number of ether oxygens (including phenoxy) is 2. The lowest BCUT2D eigenvalue weighted by molar-refractivity contribution is -0.139. The number of aliphatic hydroxyl groups is 1. The van der Waals surface area contributed by atoms with Crippen molar-refractivity contribution >= 4 is 11.8 Å². The smallest absolute Gasteiger partial charge is 0.309 e. The maximum Gasteiger partial charge on any atom is 0.309 e. The van der Waals surface area contributed by atoms with E-state index < -0.39 is 17.9 Å². The average molecular weight is 334 g/mol. The van der Waals surface area contributed by atoms with E-state index in [0.29, 0.717) is 23.5 Å². The van der Waals surface area contributed by atoms with Crippen LogP contribution in [0.4, 0.5) is 0 Å². The van der Waals surface area contributed by atoms with Gasteiger partial charge in [0.1, 0.15) is 0 Å². The number of amides is 2. The number of carbonyl (C=O) groups excluding carboxylic acids is 2. The number of benzene rings is 1. The van der Waals surface area contributed by atoms with Gasteiger partial charge in [-0.15, -0.1) is 0 Å². The molecule has 1 aromatic rings. The maximum absolute atomic E-state index is 11.8. The summed E-state index contributed by atoms with van der Waals surface area (Å²) >= 11 is 0. The fourth-order valence-corrected chi connectivity index (χ4v) is 3.01. The molecule has 1 fully saturated rings. The molecule has 1 aromatic carbocycles. The first-order chi connectivity index (χ1) is 11.6. The monoisotopic (exact) mass is 334 g/mol. The Morgan fingerprint density at radius 1 is 1.17 bits per heavy atom. The summed E-state index contributed by atoms with van der Waals surface area (Å²) in [6.45, 7) is 0.396. The largest absolute Gasteiger partial charge is 0.454 e. The summed E-state index contributed by atoms with van der Waals surface area (Å²) in [6, 6.07) is 5.34. The summed E-state index contributed by atoms with van der Waals surface area (Å²) in [5.41, 5.74) is 0.684. The van der Waals surface area contributed by atoms with E-state index in [1.165, 1.54) is 0 Å². The van der Waals surface area contributed by atoms with Gasteiger partial charge in [-0.05, 0) is 37.0 Å². The number of rotatable bonds is 5. The highest BCUT2D eigenvalue weighted by Crippen LogP contribution is 2.34. The second kappa shape index (κ2) is 7.53. The van der Waals surface area contributed by atoms with Crippen molar-refractivity contribution in [3.63, 3.8) is 0 Å². The molecule has 2 aliphatic rings. The highest BCUT2D eigenvalue weighted by atomic mass is 16.7. The van der Waals surface area contributed by atoms with Gasteiger partial charge in [-0.1, -0.05) is 18.9 Å². The Kier molecular flexibility index (Phi) is 5.20. The van der Waals surface area contributed by atoms with Gasteiger partial charge in [0.15, 0.2) is 11.5 Å². The van der Waals surface area contributed by atoms with Crippen LogP contribution in [-0.2, 0) is 9.59 Å². The number of aliphatic hydroxyl groups excluding tert-OH is 1. The Balaban J connectivity index is 1.42. The predicted octanol–water partition coefficient (Wildman–Crippen LogP) is 1.01. The summed E-state index contributed by atoms with van der Waals surface area (Å²) in [6.07, 6.45) is 3.60. The Bertz CT molecular complexity index is 613. The van der Waals surface area contributed by atoms with Crippen molar-refractivity contribution in [2.45, 2.75) is 44.2 Å². The van der Waals surface area contributed by atoms with Gasteiger partial charge in [-0.2, -0.15) is 0 Å². The normalized spacial score (nSPS) is 17.5. The van der Waals surface area contributed by atoms with Crippen molar-refractivity contribution in [3.05, 3.63) is 23.8 Å². The minimum absolute atomic E-state index is 0.113. The number of fused-ring (bicyclic) bond motifs is 1. The lowest BCUT2D eigenvalue weighted by atomic mass is 10.1. The van der Waals surface area contributed by atoms with E-state index in [-0.39, 0.29) is 19.4 Å². The predicted molar refractivity (Wildman–Crippen MR) is 85.6 cm³/mol. The molecule has 0 bridgehead atoms. The zero-order valence-electron chi connectivity index (χ0n) is 13.4. The quantitative estimate of drug-likeness (QED) is 0.699. The van der Waals surface area contributed by atoms with E-state index >= 15 is 0 Å². The van der Waals surface area contributed by atoms with Gasteiger partial charge in [-0.3, -0.25) is 9.59 Å². The topological polar surface area (TPSA) is 96.9 Å². The summed E-state index contributed by atoms with van der Waals surface area (Å²) in [5.74, 6) is 0.00798. The summed E-state index contributed by atoms with van der Waals surface area (Å²) in [4.78, 5) is 23.5. The number of carbonyl (C=O) groups is 2. The Labute approximate surface area is 140 Å². The molecule has 1 aliphatic carbocycles. The molecule has 130 valence electrons. The van der Waals surface area contributed by atoms with Crippen molar-refractivity contribution < 1.29 is 24.2 Å². The minimum Gasteiger partial charge on any atom is -0.454 e. The Hall–Kier alpha value is -2.28. The van der Waals surface area contributed by atoms with Crippen LogP contribution in [0.1, 0.15) is 43.8 Å². The Morgan fingerprint density at radius 3 is 2.71 bits per heavy atom. The van der Waals surface area contributed by atoms with Gasteiger partial charge in [0.05, 0.1) is 6.10 Å². The molecule has 1 atom stereocenters. The van der Waals surface area contributed by atoms with Gasteiger partial charge in [0.2, 0.25) is 6.79 Å². The fraction of sp³-hybridized carbons (Fsp3) is 0.529. The molecule has 1 aliphatic heterocycles. The molecule has 0 saturated heterocycles. The van der Waals surface area contributed by atoms with Crippen LogP contribution in [0, 0.1) is 0 Å². The van der Waals surface area contributed by atoms with Gasteiger partial charge in [0, 0.05) is 12.6 Å². The second-order valence-electron chi connectivity index (χ2n) is 6.13. The van der Waals surface area contributed by atoms with Crippen molar-refractivity contribution in [2.75, 3.05) is 13.3 Å². The molecule has 3 N–H and O–H groups in total. The highest BCUT2D eigenvalue weighted by molar-refractivity contribution is 6.35. The molecule has 0 aromatic heterocycles. The van der Waals surface area contributed by atoms with Crippen LogP contribution >= 0.6 is 0 Å². The van der Waals surface area contributed by atoms with Crippen molar-refractivity contribution in [1.82, 2.24) is 10.6 Å². The molecule has 3 rings (SSSR count). The van der Waals surface area contributed by atoms with Crippen LogP contribution in [0.15, 0.2) is 18.2 Å². The summed E-state index contributed by atoms with van der Waals surface area (Å²) in [5, 5.41) is 15.5. The molecular weight excluding hydrogens is 312 g/mol. The van der Waals surface area contributed by atoms with Crippen LogP contribution in [-0.4, -0.2) is 36.3 Å². The lowest BCUT2D eigenvalue weighted by Gasteiger charge is -2.14. The van der Waals surface area contributed by atoms with Crippen molar-refractivity contribution in [3.8, 4) is 11.5 Å². The van der Waals surface area contributed by atoms with Gasteiger partial charge < -0.3 is 25.2 Å². The van der Waals surface area contributed by atoms with Gasteiger partial charge in [0.25, 0.3) is 0 Å². The molecule has 1 unspecified atom stereocenters. The first-order valence-corrected chi connectivity index (χ1v) is 8.30. The van der Waals surface area contributed by atoms with Crippen LogP contribution in [0.2, 0.25) is 0 Å². The van der Waals surface area contributed by atoms with Crippen LogP contribution < -0.4 is 20.1 Å². The molecule has 7 nitrogen and oxygen atoms in total. The molecule has 2 amide bonds. The van der Waals surface area contributed by atoms with Crippen molar-refractivity contribution in [2.24, 2.45) is 0 Å². The third-order valence-electron chi connectivity index (χ3n) is 4.38. The fourth-order valence-electron chi connectivity index (χ4n) is 3.01. The second-order valence-corrected chi connectivity index (χ2v) is 6.13. The van der Waals surface area contributed by atoms with E-state index in [9.17, 15) is 14.7 Å². The molecule has 0 radical (unpaired) electrons.